The van der Waals surface area contributed by atoms with Gasteiger partial charge in [0.05, 0.1) is 18.4 Å². The van der Waals surface area contributed by atoms with Crippen molar-refractivity contribution in [1.82, 2.24) is 4.98 Å². The summed E-state index contributed by atoms with van der Waals surface area (Å²) >= 11 is 0. The number of anilines is 2. The van der Waals surface area contributed by atoms with Crippen LogP contribution in [0.1, 0.15) is 27.2 Å². The molecular weight excluding hydrogens is 230 g/mol. The largest absolute Gasteiger partial charge is 0.481 e. The van der Waals surface area contributed by atoms with Crippen LogP contribution in [0, 0.1) is 5.92 Å². The number of methoxy groups -OCH3 is 1. The van der Waals surface area contributed by atoms with E-state index in [2.05, 4.69) is 24.1 Å². The first-order valence-electron chi connectivity index (χ1n) is 6.11. The van der Waals surface area contributed by atoms with Crippen molar-refractivity contribution in [3.8, 4) is 5.88 Å². The van der Waals surface area contributed by atoms with Crippen molar-refractivity contribution < 1.29 is 9.84 Å². The predicted octanol–water partition coefficient (Wildman–Crippen LogP) is 1.88. The normalized spacial score (nSPS) is 14.3. The summed E-state index contributed by atoms with van der Waals surface area (Å²) in [5.41, 5.74) is 5.56. The molecule has 1 unspecified atom stereocenters. The van der Waals surface area contributed by atoms with E-state index in [1.165, 1.54) is 0 Å². The lowest BCUT2D eigenvalue weighted by molar-refractivity contribution is 0.0515. The van der Waals surface area contributed by atoms with Crippen LogP contribution in [0.15, 0.2) is 12.1 Å². The molecule has 1 heterocycles. The lowest BCUT2D eigenvalue weighted by Crippen LogP contribution is -2.35. The van der Waals surface area contributed by atoms with E-state index in [9.17, 15) is 5.11 Å². The molecule has 1 atom stereocenters. The lowest BCUT2D eigenvalue weighted by atomic mass is 9.94. The molecule has 0 aliphatic carbocycles. The Morgan fingerprint density at radius 3 is 2.72 bits per heavy atom. The van der Waals surface area contributed by atoms with Crippen molar-refractivity contribution in [2.45, 2.75) is 32.8 Å². The maximum absolute atomic E-state index is 10.2. The molecule has 0 saturated heterocycles. The van der Waals surface area contributed by atoms with E-state index >= 15 is 0 Å². The van der Waals surface area contributed by atoms with E-state index in [0.717, 1.165) is 0 Å². The smallest absolute Gasteiger partial charge is 0.215 e. The Kier molecular flexibility index (Phi) is 4.78. The second-order valence-corrected chi connectivity index (χ2v) is 5.24. The van der Waals surface area contributed by atoms with E-state index < -0.39 is 5.60 Å². The van der Waals surface area contributed by atoms with Crippen LogP contribution in [0.25, 0.3) is 0 Å². The summed E-state index contributed by atoms with van der Waals surface area (Å²) in [7, 11) is 1.55. The molecule has 1 rings (SSSR count). The number of pyridine rings is 1. The van der Waals surface area contributed by atoms with Gasteiger partial charge in [0.2, 0.25) is 5.88 Å². The van der Waals surface area contributed by atoms with Crippen LogP contribution in [0.4, 0.5) is 11.5 Å². The Balaban J connectivity index is 2.67. The number of hydrogen-bond donors (Lipinski definition) is 3. The van der Waals surface area contributed by atoms with Crippen LogP contribution in [0.2, 0.25) is 0 Å². The number of aliphatic hydroxyl groups is 1. The zero-order valence-corrected chi connectivity index (χ0v) is 11.5. The Bertz CT molecular complexity index is 392. The third kappa shape index (κ3) is 4.41. The minimum Gasteiger partial charge on any atom is -0.481 e. The molecule has 5 nitrogen and oxygen atoms in total. The number of rotatable bonds is 6. The second-order valence-electron chi connectivity index (χ2n) is 5.24. The number of nitrogens with one attached hydrogen (secondary N) is 1. The predicted molar refractivity (Wildman–Crippen MR) is 73.8 cm³/mol. The average molecular weight is 253 g/mol. The van der Waals surface area contributed by atoms with E-state index in [1.807, 2.05) is 0 Å². The highest BCUT2D eigenvalue weighted by atomic mass is 16.5. The maximum Gasteiger partial charge on any atom is 0.215 e. The summed E-state index contributed by atoms with van der Waals surface area (Å²) in [6, 6.07) is 3.43. The first-order valence-corrected chi connectivity index (χ1v) is 6.11. The van der Waals surface area contributed by atoms with Crippen molar-refractivity contribution in [3.05, 3.63) is 12.1 Å². The molecule has 18 heavy (non-hydrogen) atoms. The monoisotopic (exact) mass is 253 g/mol. The molecule has 0 spiro atoms. The highest BCUT2D eigenvalue weighted by molar-refractivity contribution is 5.62. The van der Waals surface area contributed by atoms with Crippen LogP contribution in [0.5, 0.6) is 5.88 Å². The minimum atomic E-state index is -0.786. The van der Waals surface area contributed by atoms with Gasteiger partial charge in [0.15, 0.2) is 5.82 Å². The molecule has 5 heteroatoms. The molecule has 102 valence electrons. The zero-order chi connectivity index (χ0) is 13.8. The SMILES string of the molecule is COc1ccc(N)c(NCC(C)(O)CC(C)C)n1. The highest BCUT2D eigenvalue weighted by Crippen LogP contribution is 2.22. The average Bonchev–Trinajstić information content (AvgIpc) is 2.26. The van der Waals surface area contributed by atoms with Gasteiger partial charge in [-0.15, -0.1) is 0 Å². The zero-order valence-electron chi connectivity index (χ0n) is 11.5. The van der Waals surface area contributed by atoms with Gasteiger partial charge in [-0.25, -0.2) is 0 Å². The topological polar surface area (TPSA) is 80.4 Å². The fourth-order valence-corrected chi connectivity index (χ4v) is 1.93. The molecule has 4 N–H and O–H groups in total. The first kappa shape index (κ1) is 14.6. The van der Waals surface area contributed by atoms with Gasteiger partial charge in [0, 0.05) is 12.6 Å². The molecule has 0 aliphatic rings. The highest BCUT2D eigenvalue weighted by Gasteiger charge is 2.22. The molecule has 0 fully saturated rings. The van der Waals surface area contributed by atoms with Gasteiger partial charge >= 0.3 is 0 Å². The van der Waals surface area contributed by atoms with Gasteiger partial charge in [-0.05, 0) is 25.3 Å². The quantitative estimate of drug-likeness (QED) is 0.721. The summed E-state index contributed by atoms with van der Waals surface area (Å²) in [6.45, 7) is 6.35. The molecule has 0 bridgehead atoms. The van der Waals surface area contributed by atoms with Crippen LogP contribution in [-0.4, -0.2) is 29.3 Å². The summed E-state index contributed by atoms with van der Waals surface area (Å²) in [5, 5.41) is 13.3. The van der Waals surface area contributed by atoms with Gasteiger partial charge in [0.1, 0.15) is 0 Å². The number of nitrogen functional groups attached to an aromatic ring is 1. The van der Waals surface area contributed by atoms with Crippen LogP contribution >= 0.6 is 0 Å². The van der Waals surface area contributed by atoms with Crippen molar-refractivity contribution >= 4 is 11.5 Å². The van der Waals surface area contributed by atoms with Crippen LogP contribution < -0.4 is 15.8 Å². The Morgan fingerprint density at radius 1 is 1.50 bits per heavy atom. The van der Waals surface area contributed by atoms with Crippen molar-refractivity contribution in [1.29, 1.82) is 0 Å². The molecule has 1 aromatic rings. The van der Waals surface area contributed by atoms with Crippen molar-refractivity contribution in [3.63, 3.8) is 0 Å². The number of nitrogens with zero attached hydrogens (tertiary/aromatic N) is 1. The van der Waals surface area contributed by atoms with Gasteiger partial charge in [-0.2, -0.15) is 4.98 Å². The number of ether oxygens (including phenoxy) is 1. The van der Waals surface area contributed by atoms with Crippen LogP contribution in [0.3, 0.4) is 0 Å². The summed E-state index contributed by atoms with van der Waals surface area (Å²) in [5.74, 6) is 1.46. The molecule has 0 aromatic carbocycles. The molecule has 0 amide bonds. The van der Waals surface area contributed by atoms with E-state index in [0.29, 0.717) is 36.3 Å². The third-order valence-corrected chi connectivity index (χ3v) is 2.59. The Hall–Kier alpha value is -1.49. The van der Waals surface area contributed by atoms with Crippen molar-refractivity contribution in [2.24, 2.45) is 5.92 Å². The van der Waals surface area contributed by atoms with E-state index in [1.54, 1.807) is 26.2 Å². The standard InChI is InChI=1S/C13H23N3O2/c1-9(2)7-13(3,17)8-15-12-10(14)5-6-11(16-12)18-4/h5-6,9,17H,7-8,14H2,1-4H3,(H,15,16). The van der Waals surface area contributed by atoms with Gasteiger partial charge in [-0.3, -0.25) is 0 Å². The van der Waals surface area contributed by atoms with Gasteiger partial charge < -0.3 is 20.9 Å². The molecule has 1 aromatic heterocycles. The van der Waals surface area contributed by atoms with E-state index in [-0.39, 0.29) is 0 Å². The molecular formula is C13H23N3O2. The molecule has 0 radical (unpaired) electrons. The maximum atomic E-state index is 10.2. The van der Waals surface area contributed by atoms with Crippen molar-refractivity contribution in [2.75, 3.05) is 24.7 Å². The lowest BCUT2D eigenvalue weighted by Gasteiger charge is -2.26. The fourth-order valence-electron chi connectivity index (χ4n) is 1.93. The molecule has 0 aliphatic heterocycles. The van der Waals surface area contributed by atoms with E-state index in [4.69, 9.17) is 10.5 Å². The second kappa shape index (κ2) is 5.91. The summed E-state index contributed by atoms with van der Waals surface area (Å²) < 4.78 is 5.04. The van der Waals surface area contributed by atoms with Crippen LogP contribution in [-0.2, 0) is 0 Å². The Labute approximate surface area is 108 Å². The van der Waals surface area contributed by atoms with Gasteiger partial charge in [-0.1, -0.05) is 13.8 Å². The number of aromatic nitrogens is 1. The summed E-state index contributed by atoms with van der Waals surface area (Å²) in [6.07, 6.45) is 0.712. The fraction of sp³-hybridized carbons (Fsp3) is 0.615. The molecule has 0 saturated carbocycles. The number of nitrogens with two attached hydrogens (primary N) is 1. The first-order chi connectivity index (χ1) is 8.34. The van der Waals surface area contributed by atoms with Gasteiger partial charge in [0.25, 0.3) is 0 Å². The summed E-state index contributed by atoms with van der Waals surface area (Å²) in [4.78, 5) is 4.20. The Morgan fingerprint density at radius 2 is 2.17 bits per heavy atom. The minimum absolute atomic E-state index is 0.398. The third-order valence-electron chi connectivity index (χ3n) is 2.59. The number of hydrogen-bond acceptors (Lipinski definition) is 5.